The van der Waals surface area contributed by atoms with Gasteiger partial charge in [0.25, 0.3) is 0 Å². The zero-order chi connectivity index (χ0) is 13.8. The molecular weight excluding hydrogens is 242 g/mol. The van der Waals surface area contributed by atoms with Crippen LogP contribution in [0.1, 0.15) is 19.5 Å². The van der Waals surface area contributed by atoms with Crippen molar-refractivity contribution in [3.8, 4) is 0 Å². The van der Waals surface area contributed by atoms with Crippen molar-refractivity contribution >= 4 is 11.8 Å². The summed E-state index contributed by atoms with van der Waals surface area (Å²) in [5, 5.41) is 8.91. The van der Waals surface area contributed by atoms with Crippen LogP contribution in [0.5, 0.6) is 0 Å². The van der Waals surface area contributed by atoms with Gasteiger partial charge in [-0.25, -0.2) is 4.79 Å². The monoisotopic (exact) mass is 263 g/mol. The lowest BCUT2D eigenvalue weighted by molar-refractivity contribution is 0.142. The molecule has 1 aliphatic rings. The van der Waals surface area contributed by atoms with Gasteiger partial charge in [-0.3, -0.25) is 4.98 Å². The highest BCUT2D eigenvalue weighted by Gasteiger charge is 2.20. The van der Waals surface area contributed by atoms with E-state index in [2.05, 4.69) is 35.9 Å². The Morgan fingerprint density at radius 3 is 2.47 bits per heavy atom. The van der Waals surface area contributed by atoms with Crippen LogP contribution < -0.4 is 4.90 Å². The summed E-state index contributed by atoms with van der Waals surface area (Å²) < 4.78 is 0. The number of rotatable bonds is 3. The number of amides is 1. The van der Waals surface area contributed by atoms with E-state index in [1.165, 1.54) is 4.90 Å². The third kappa shape index (κ3) is 3.59. The van der Waals surface area contributed by atoms with Gasteiger partial charge < -0.3 is 14.9 Å². The molecule has 5 nitrogen and oxygen atoms in total. The molecule has 0 spiro atoms. The molecule has 1 aliphatic heterocycles. The minimum absolute atomic E-state index is 0.559. The van der Waals surface area contributed by atoms with E-state index in [0.717, 1.165) is 30.9 Å². The number of aromatic nitrogens is 1. The van der Waals surface area contributed by atoms with Crippen molar-refractivity contribution < 1.29 is 9.90 Å². The number of nitrogens with zero attached hydrogens (tertiary/aromatic N) is 3. The second kappa shape index (κ2) is 5.91. The van der Waals surface area contributed by atoms with Crippen LogP contribution in [0.15, 0.2) is 18.3 Å². The number of pyridine rings is 1. The van der Waals surface area contributed by atoms with Gasteiger partial charge in [-0.15, -0.1) is 0 Å². The van der Waals surface area contributed by atoms with Crippen LogP contribution in [0.3, 0.4) is 0 Å². The Hall–Kier alpha value is -1.78. The van der Waals surface area contributed by atoms with Gasteiger partial charge >= 0.3 is 6.09 Å². The highest BCUT2D eigenvalue weighted by Crippen LogP contribution is 2.16. The molecule has 0 saturated carbocycles. The molecule has 1 saturated heterocycles. The van der Waals surface area contributed by atoms with E-state index in [-0.39, 0.29) is 0 Å². The molecule has 0 unspecified atom stereocenters. The van der Waals surface area contributed by atoms with Gasteiger partial charge in [0.15, 0.2) is 0 Å². The number of hydrogen-bond donors (Lipinski definition) is 1. The third-order valence-electron chi connectivity index (χ3n) is 3.34. The lowest BCUT2D eigenvalue weighted by Crippen LogP contribution is -2.48. The number of piperazine rings is 1. The zero-order valence-corrected chi connectivity index (χ0v) is 11.5. The lowest BCUT2D eigenvalue weighted by atomic mass is 10.1. The van der Waals surface area contributed by atoms with Crippen LogP contribution in [-0.4, -0.2) is 47.3 Å². The largest absolute Gasteiger partial charge is 0.465 e. The standard InChI is InChI=1S/C14H21N3O2/c1-11(2)9-12-3-4-13(10-15-12)16-5-7-17(8-6-16)14(18)19/h3-4,10-11H,5-9H2,1-2H3,(H,18,19). The van der Waals surface area contributed by atoms with Crippen molar-refractivity contribution in [1.29, 1.82) is 0 Å². The first-order chi connectivity index (χ1) is 9.06. The van der Waals surface area contributed by atoms with Gasteiger partial charge in [-0.05, 0) is 24.5 Å². The van der Waals surface area contributed by atoms with Gasteiger partial charge in [0, 0.05) is 31.9 Å². The Balaban J connectivity index is 1.94. The highest BCUT2D eigenvalue weighted by molar-refractivity contribution is 5.65. The van der Waals surface area contributed by atoms with Crippen LogP contribution in [0.4, 0.5) is 10.5 Å². The maximum atomic E-state index is 10.8. The molecular formula is C14H21N3O2. The molecule has 2 heterocycles. The van der Waals surface area contributed by atoms with Crippen LogP contribution in [-0.2, 0) is 6.42 Å². The molecule has 0 aliphatic carbocycles. The average molecular weight is 263 g/mol. The highest BCUT2D eigenvalue weighted by atomic mass is 16.4. The molecule has 0 aromatic carbocycles. The molecule has 104 valence electrons. The Morgan fingerprint density at radius 1 is 1.32 bits per heavy atom. The molecule has 5 heteroatoms. The second-order valence-electron chi connectivity index (χ2n) is 5.36. The molecule has 2 rings (SSSR count). The second-order valence-corrected chi connectivity index (χ2v) is 5.36. The van der Waals surface area contributed by atoms with Crippen molar-refractivity contribution in [2.24, 2.45) is 5.92 Å². The van der Waals surface area contributed by atoms with Gasteiger partial charge in [-0.2, -0.15) is 0 Å². The summed E-state index contributed by atoms with van der Waals surface area (Å²) in [6, 6.07) is 4.15. The summed E-state index contributed by atoms with van der Waals surface area (Å²) in [4.78, 5) is 19.0. The van der Waals surface area contributed by atoms with Crippen molar-refractivity contribution in [1.82, 2.24) is 9.88 Å². The minimum atomic E-state index is -0.829. The summed E-state index contributed by atoms with van der Waals surface area (Å²) in [6.07, 6.45) is 2.06. The number of anilines is 1. The normalized spacial score (nSPS) is 15.9. The van der Waals surface area contributed by atoms with Crippen LogP contribution >= 0.6 is 0 Å². The smallest absolute Gasteiger partial charge is 0.407 e. The van der Waals surface area contributed by atoms with E-state index in [0.29, 0.717) is 19.0 Å². The van der Waals surface area contributed by atoms with Gasteiger partial charge in [-0.1, -0.05) is 13.8 Å². The first kappa shape index (κ1) is 13.6. The van der Waals surface area contributed by atoms with Gasteiger partial charge in [0.2, 0.25) is 0 Å². The Labute approximate surface area is 113 Å². The van der Waals surface area contributed by atoms with Crippen LogP contribution in [0.2, 0.25) is 0 Å². The van der Waals surface area contributed by atoms with Crippen molar-refractivity contribution in [2.45, 2.75) is 20.3 Å². The topological polar surface area (TPSA) is 56.7 Å². The predicted molar refractivity (Wildman–Crippen MR) is 74.6 cm³/mol. The molecule has 19 heavy (non-hydrogen) atoms. The minimum Gasteiger partial charge on any atom is -0.465 e. The molecule has 0 atom stereocenters. The predicted octanol–water partition coefficient (Wildman–Crippen LogP) is 2.08. The Kier molecular flexibility index (Phi) is 4.24. The van der Waals surface area contributed by atoms with Crippen molar-refractivity contribution in [3.05, 3.63) is 24.0 Å². The fourth-order valence-corrected chi connectivity index (χ4v) is 2.30. The molecule has 1 fully saturated rings. The third-order valence-corrected chi connectivity index (χ3v) is 3.34. The molecule has 1 aromatic rings. The number of carboxylic acid groups (broad SMARTS) is 1. The summed E-state index contributed by atoms with van der Waals surface area (Å²) in [5.41, 5.74) is 2.19. The van der Waals surface area contributed by atoms with E-state index in [4.69, 9.17) is 5.11 Å². The van der Waals surface area contributed by atoms with Crippen LogP contribution in [0, 0.1) is 5.92 Å². The molecule has 1 N–H and O–H groups in total. The Bertz CT molecular complexity index is 423. The summed E-state index contributed by atoms with van der Waals surface area (Å²) in [7, 11) is 0. The van der Waals surface area contributed by atoms with E-state index in [9.17, 15) is 4.79 Å². The molecule has 0 radical (unpaired) electrons. The maximum absolute atomic E-state index is 10.8. The van der Waals surface area contributed by atoms with Crippen LogP contribution in [0.25, 0.3) is 0 Å². The molecule has 0 bridgehead atoms. The quantitative estimate of drug-likeness (QED) is 0.907. The first-order valence-corrected chi connectivity index (χ1v) is 6.74. The average Bonchev–Trinajstić information content (AvgIpc) is 2.39. The summed E-state index contributed by atoms with van der Waals surface area (Å²) >= 11 is 0. The van der Waals surface area contributed by atoms with E-state index >= 15 is 0 Å². The van der Waals surface area contributed by atoms with E-state index < -0.39 is 6.09 Å². The maximum Gasteiger partial charge on any atom is 0.407 e. The fraction of sp³-hybridized carbons (Fsp3) is 0.571. The molecule has 1 amide bonds. The lowest BCUT2D eigenvalue weighted by Gasteiger charge is -2.34. The van der Waals surface area contributed by atoms with Gasteiger partial charge in [0.05, 0.1) is 11.9 Å². The fourth-order valence-electron chi connectivity index (χ4n) is 2.30. The Morgan fingerprint density at radius 2 is 2.00 bits per heavy atom. The van der Waals surface area contributed by atoms with Gasteiger partial charge in [0.1, 0.15) is 0 Å². The van der Waals surface area contributed by atoms with Crippen molar-refractivity contribution in [3.63, 3.8) is 0 Å². The molecule has 1 aromatic heterocycles. The SMILES string of the molecule is CC(C)Cc1ccc(N2CCN(C(=O)O)CC2)cn1. The van der Waals surface area contributed by atoms with E-state index in [1.807, 2.05) is 6.20 Å². The van der Waals surface area contributed by atoms with Crippen molar-refractivity contribution in [2.75, 3.05) is 31.1 Å². The van der Waals surface area contributed by atoms with E-state index in [1.54, 1.807) is 0 Å². The number of hydrogen-bond acceptors (Lipinski definition) is 3. The number of carbonyl (C=O) groups is 1. The zero-order valence-electron chi connectivity index (χ0n) is 11.5. The summed E-state index contributed by atoms with van der Waals surface area (Å²) in [5.74, 6) is 0.609. The summed E-state index contributed by atoms with van der Waals surface area (Å²) in [6.45, 7) is 6.95. The first-order valence-electron chi connectivity index (χ1n) is 6.74.